The zero-order chi connectivity index (χ0) is 18.3. The predicted molar refractivity (Wildman–Crippen MR) is 92.1 cm³/mol. The molecule has 9 nitrogen and oxygen atoms in total. The minimum absolute atomic E-state index is 0.0707. The Morgan fingerprint density at radius 2 is 1.96 bits per heavy atom. The molecule has 2 aliphatic rings. The van der Waals surface area contributed by atoms with E-state index in [0.717, 1.165) is 12.1 Å². The molecule has 0 radical (unpaired) electrons. The molecular formula is C17H17N5O4. The summed E-state index contributed by atoms with van der Waals surface area (Å²) in [5, 5.41) is 10.5. The maximum absolute atomic E-state index is 12.8. The largest absolute Gasteiger partial charge is 0.343 e. The third-order valence-electron chi connectivity index (χ3n) is 4.73. The van der Waals surface area contributed by atoms with Crippen molar-refractivity contribution in [3.05, 3.63) is 51.4 Å². The highest BCUT2D eigenvalue weighted by Gasteiger charge is 2.30. The van der Waals surface area contributed by atoms with Crippen molar-refractivity contribution >= 4 is 23.4 Å². The van der Waals surface area contributed by atoms with Crippen LogP contribution in [0.3, 0.4) is 0 Å². The minimum atomic E-state index is -0.391. The van der Waals surface area contributed by atoms with Crippen molar-refractivity contribution in [1.29, 1.82) is 0 Å². The summed E-state index contributed by atoms with van der Waals surface area (Å²) in [5.74, 6) is -0.811. The Balaban J connectivity index is 1.55. The number of anilines is 1. The van der Waals surface area contributed by atoms with Crippen molar-refractivity contribution in [1.82, 2.24) is 20.4 Å². The second kappa shape index (κ2) is 6.17. The van der Waals surface area contributed by atoms with E-state index in [0.29, 0.717) is 24.3 Å². The van der Waals surface area contributed by atoms with Crippen molar-refractivity contribution in [2.45, 2.75) is 12.3 Å². The summed E-state index contributed by atoms with van der Waals surface area (Å²) < 4.78 is 0. The second-order valence-electron chi connectivity index (χ2n) is 6.44. The summed E-state index contributed by atoms with van der Waals surface area (Å²) in [4.78, 5) is 49.4. The van der Waals surface area contributed by atoms with Gasteiger partial charge in [-0.15, -0.1) is 0 Å². The molecule has 1 aromatic carbocycles. The molecule has 2 aromatic rings. The van der Waals surface area contributed by atoms with Crippen LogP contribution in [0.2, 0.25) is 0 Å². The molecule has 0 aliphatic carbocycles. The van der Waals surface area contributed by atoms with E-state index in [2.05, 4.69) is 20.8 Å². The Labute approximate surface area is 147 Å². The number of fused-ring (bicyclic) bond motifs is 1. The predicted octanol–water partition coefficient (Wildman–Crippen LogP) is 0.0146. The van der Waals surface area contributed by atoms with Gasteiger partial charge in [0.25, 0.3) is 17.4 Å². The molecule has 1 aromatic heterocycles. The van der Waals surface area contributed by atoms with E-state index >= 15 is 0 Å². The van der Waals surface area contributed by atoms with E-state index in [9.17, 15) is 19.2 Å². The SMILES string of the molecule is O=C1CNC(=O)c2cc(C(=O)N3CCC(c4cc(=O)[nH][nH]4)C3)ccc2N1. The number of H-pyrrole nitrogens is 2. The van der Waals surface area contributed by atoms with Crippen LogP contribution < -0.4 is 16.2 Å². The molecule has 2 aliphatic heterocycles. The maximum atomic E-state index is 12.8. The highest BCUT2D eigenvalue weighted by molar-refractivity contribution is 6.10. The van der Waals surface area contributed by atoms with Crippen molar-refractivity contribution in [2.24, 2.45) is 0 Å². The lowest BCUT2D eigenvalue weighted by Crippen LogP contribution is -2.29. The van der Waals surface area contributed by atoms with Crippen LogP contribution in [0.25, 0.3) is 0 Å². The molecule has 134 valence electrons. The van der Waals surface area contributed by atoms with Crippen molar-refractivity contribution in [3.63, 3.8) is 0 Å². The molecule has 1 atom stereocenters. The number of nitrogens with one attached hydrogen (secondary N) is 4. The van der Waals surface area contributed by atoms with Gasteiger partial charge in [-0.2, -0.15) is 0 Å². The third-order valence-corrected chi connectivity index (χ3v) is 4.73. The lowest BCUT2D eigenvalue weighted by Gasteiger charge is -2.17. The van der Waals surface area contributed by atoms with E-state index in [1.807, 2.05) is 0 Å². The summed E-state index contributed by atoms with van der Waals surface area (Å²) in [6, 6.07) is 6.19. The monoisotopic (exact) mass is 355 g/mol. The van der Waals surface area contributed by atoms with Gasteiger partial charge < -0.3 is 20.6 Å². The van der Waals surface area contributed by atoms with E-state index < -0.39 is 5.91 Å². The maximum Gasteiger partial charge on any atom is 0.264 e. The average molecular weight is 355 g/mol. The van der Waals surface area contributed by atoms with Crippen molar-refractivity contribution < 1.29 is 14.4 Å². The van der Waals surface area contributed by atoms with Crippen LogP contribution >= 0.6 is 0 Å². The zero-order valence-electron chi connectivity index (χ0n) is 13.8. The number of rotatable bonds is 2. The van der Waals surface area contributed by atoms with Crippen LogP contribution in [-0.2, 0) is 4.79 Å². The molecule has 0 spiro atoms. The molecule has 0 saturated carbocycles. The first-order valence-electron chi connectivity index (χ1n) is 8.30. The summed E-state index contributed by atoms with van der Waals surface area (Å²) in [7, 11) is 0. The molecule has 1 unspecified atom stereocenters. The van der Waals surface area contributed by atoms with Gasteiger partial charge in [0, 0.05) is 36.3 Å². The first-order chi connectivity index (χ1) is 12.5. The molecule has 4 N–H and O–H groups in total. The fourth-order valence-electron chi connectivity index (χ4n) is 3.37. The third kappa shape index (κ3) is 2.87. The molecular weight excluding hydrogens is 338 g/mol. The van der Waals surface area contributed by atoms with E-state index in [1.54, 1.807) is 17.0 Å². The number of amides is 3. The normalized spacial score (nSPS) is 19.5. The number of carbonyl (C=O) groups is 3. The van der Waals surface area contributed by atoms with E-state index in [-0.39, 0.29) is 35.4 Å². The Morgan fingerprint density at radius 3 is 2.73 bits per heavy atom. The lowest BCUT2D eigenvalue weighted by molar-refractivity contribution is -0.115. The van der Waals surface area contributed by atoms with Crippen LogP contribution in [0, 0.1) is 0 Å². The quantitative estimate of drug-likeness (QED) is 0.605. The molecule has 4 rings (SSSR count). The Morgan fingerprint density at radius 1 is 1.12 bits per heavy atom. The Hall–Kier alpha value is -3.36. The molecule has 9 heteroatoms. The number of nitrogens with zero attached hydrogens (tertiary/aromatic N) is 1. The van der Waals surface area contributed by atoms with Crippen LogP contribution in [0.5, 0.6) is 0 Å². The van der Waals surface area contributed by atoms with Gasteiger partial charge in [-0.05, 0) is 24.6 Å². The van der Waals surface area contributed by atoms with Crippen LogP contribution in [0.4, 0.5) is 5.69 Å². The van der Waals surface area contributed by atoms with Gasteiger partial charge in [-0.1, -0.05) is 0 Å². The van der Waals surface area contributed by atoms with Gasteiger partial charge in [0.2, 0.25) is 5.91 Å². The van der Waals surface area contributed by atoms with E-state index in [1.165, 1.54) is 12.1 Å². The lowest BCUT2D eigenvalue weighted by atomic mass is 10.1. The first-order valence-corrected chi connectivity index (χ1v) is 8.30. The summed E-state index contributed by atoms with van der Waals surface area (Å²) in [6.07, 6.45) is 0.751. The van der Waals surface area contributed by atoms with Gasteiger partial charge in [-0.3, -0.25) is 24.3 Å². The smallest absolute Gasteiger partial charge is 0.264 e. The van der Waals surface area contributed by atoms with Crippen LogP contribution in [0.1, 0.15) is 38.7 Å². The standard InChI is InChI=1S/C17H17N5O4/c23-14-6-13(20-21-14)10-3-4-22(8-10)17(26)9-1-2-12-11(5-9)16(25)18-7-15(24)19-12/h1-2,5-6,10H,3-4,7-8H2,(H,18,25)(H,19,24)(H2,20,21,23). The van der Waals surface area contributed by atoms with Crippen molar-refractivity contribution in [3.8, 4) is 0 Å². The number of likely N-dealkylation sites (tertiary alicyclic amines) is 1. The molecule has 1 fully saturated rings. The highest BCUT2D eigenvalue weighted by atomic mass is 16.2. The van der Waals surface area contributed by atoms with Gasteiger partial charge in [0.05, 0.1) is 17.8 Å². The summed E-state index contributed by atoms with van der Waals surface area (Å²) in [6.45, 7) is 0.961. The average Bonchev–Trinajstić information content (AvgIpc) is 3.25. The molecule has 3 amide bonds. The number of aromatic amines is 2. The number of benzene rings is 1. The van der Waals surface area contributed by atoms with Gasteiger partial charge in [0.1, 0.15) is 0 Å². The van der Waals surface area contributed by atoms with Gasteiger partial charge in [-0.25, -0.2) is 0 Å². The van der Waals surface area contributed by atoms with Crippen LogP contribution in [0.15, 0.2) is 29.1 Å². The van der Waals surface area contributed by atoms with E-state index in [4.69, 9.17) is 0 Å². The topological polar surface area (TPSA) is 127 Å². The van der Waals surface area contributed by atoms with Crippen molar-refractivity contribution in [2.75, 3.05) is 25.0 Å². The fraction of sp³-hybridized carbons (Fsp3) is 0.294. The number of carbonyl (C=O) groups excluding carboxylic acids is 3. The van der Waals surface area contributed by atoms with Gasteiger partial charge >= 0.3 is 0 Å². The number of hydrogen-bond donors (Lipinski definition) is 4. The number of hydrogen-bond acceptors (Lipinski definition) is 4. The fourth-order valence-corrected chi connectivity index (χ4v) is 3.37. The van der Waals surface area contributed by atoms with Crippen LogP contribution in [-0.4, -0.2) is 52.5 Å². The second-order valence-corrected chi connectivity index (χ2v) is 6.44. The Kier molecular flexibility index (Phi) is 3.83. The highest BCUT2D eigenvalue weighted by Crippen LogP contribution is 2.27. The summed E-state index contributed by atoms with van der Waals surface area (Å²) in [5.41, 5.74) is 1.65. The van der Waals surface area contributed by atoms with Gasteiger partial charge in [0.15, 0.2) is 0 Å². The Bertz CT molecular complexity index is 960. The molecule has 26 heavy (non-hydrogen) atoms. The zero-order valence-corrected chi connectivity index (χ0v) is 13.8. The first kappa shape index (κ1) is 16.1. The minimum Gasteiger partial charge on any atom is -0.343 e. The number of aromatic nitrogens is 2. The molecule has 1 saturated heterocycles. The summed E-state index contributed by atoms with van der Waals surface area (Å²) >= 11 is 0. The molecule has 3 heterocycles. The molecule has 0 bridgehead atoms.